The zero-order valence-electron chi connectivity index (χ0n) is 15.8. The number of nitrogens with one attached hydrogen (secondary N) is 2. The summed E-state index contributed by atoms with van der Waals surface area (Å²) in [5, 5.41) is 7.04. The Bertz CT molecular complexity index is 314. The monoisotopic (exact) mass is 439 g/mol. The normalized spacial score (nSPS) is 17.4. The predicted molar refractivity (Wildman–Crippen MR) is 112 cm³/mol. The summed E-state index contributed by atoms with van der Waals surface area (Å²) in [4.78, 5) is 9.39. The van der Waals surface area contributed by atoms with Gasteiger partial charge in [0.2, 0.25) is 0 Å². The molecule has 0 aromatic carbocycles. The van der Waals surface area contributed by atoms with Crippen molar-refractivity contribution in [1.29, 1.82) is 0 Å². The molecule has 0 unspecified atom stereocenters. The third-order valence-electron chi connectivity index (χ3n) is 4.52. The molecule has 138 valence electrons. The lowest BCUT2D eigenvalue weighted by molar-refractivity contribution is 0.206. The number of likely N-dealkylation sites (N-methyl/N-ethyl adjacent to an activating group) is 1. The minimum absolute atomic E-state index is 0. The maximum Gasteiger partial charge on any atom is 0.191 e. The molecule has 5 nitrogen and oxygen atoms in total. The number of piperidine rings is 1. The Morgan fingerprint density at radius 1 is 1.26 bits per heavy atom. The molecular weight excluding hydrogens is 401 g/mol. The van der Waals surface area contributed by atoms with Crippen LogP contribution in [0, 0.1) is 0 Å². The molecule has 0 atom stereocenters. The van der Waals surface area contributed by atoms with E-state index in [1.54, 1.807) is 0 Å². The molecule has 1 aliphatic heterocycles. The molecular formula is C17H38IN5. The second-order valence-electron chi connectivity index (χ2n) is 6.48. The molecule has 23 heavy (non-hydrogen) atoms. The van der Waals surface area contributed by atoms with Crippen molar-refractivity contribution in [2.75, 3.05) is 46.3 Å². The van der Waals surface area contributed by atoms with Crippen molar-refractivity contribution >= 4 is 29.9 Å². The summed E-state index contributed by atoms with van der Waals surface area (Å²) in [5.74, 6) is 0.953. The van der Waals surface area contributed by atoms with Crippen LogP contribution in [0.3, 0.4) is 0 Å². The first-order chi connectivity index (χ1) is 10.6. The smallest absolute Gasteiger partial charge is 0.191 e. The predicted octanol–water partition coefficient (Wildman–Crippen LogP) is 2.37. The van der Waals surface area contributed by atoms with E-state index in [1.165, 1.54) is 38.9 Å². The molecule has 1 heterocycles. The Morgan fingerprint density at radius 3 is 2.39 bits per heavy atom. The van der Waals surface area contributed by atoms with Gasteiger partial charge in [0.15, 0.2) is 5.96 Å². The third-order valence-corrected chi connectivity index (χ3v) is 4.52. The zero-order chi connectivity index (χ0) is 16.4. The second-order valence-corrected chi connectivity index (χ2v) is 6.48. The van der Waals surface area contributed by atoms with E-state index in [-0.39, 0.29) is 24.0 Å². The van der Waals surface area contributed by atoms with Gasteiger partial charge in [-0.15, -0.1) is 24.0 Å². The van der Waals surface area contributed by atoms with Crippen LogP contribution in [0.25, 0.3) is 0 Å². The highest BCUT2D eigenvalue weighted by molar-refractivity contribution is 14.0. The van der Waals surface area contributed by atoms with Gasteiger partial charge in [-0.05, 0) is 46.2 Å². The molecule has 1 aliphatic rings. The topological polar surface area (TPSA) is 42.9 Å². The number of hydrogen-bond donors (Lipinski definition) is 2. The molecule has 0 spiro atoms. The number of hydrogen-bond acceptors (Lipinski definition) is 3. The Labute approximate surface area is 160 Å². The average Bonchev–Trinajstić information content (AvgIpc) is 2.52. The first-order valence-electron chi connectivity index (χ1n) is 9.04. The van der Waals surface area contributed by atoms with Crippen LogP contribution >= 0.6 is 24.0 Å². The molecule has 6 heteroatoms. The van der Waals surface area contributed by atoms with Crippen LogP contribution in [0.5, 0.6) is 0 Å². The number of halogens is 1. The molecule has 1 saturated heterocycles. The van der Waals surface area contributed by atoms with Gasteiger partial charge in [0, 0.05) is 45.3 Å². The Balaban J connectivity index is 0.00000484. The van der Waals surface area contributed by atoms with Gasteiger partial charge in [0.1, 0.15) is 0 Å². The van der Waals surface area contributed by atoms with E-state index in [1.807, 2.05) is 7.05 Å². The van der Waals surface area contributed by atoms with E-state index in [0.717, 1.165) is 25.6 Å². The fourth-order valence-corrected chi connectivity index (χ4v) is 3.10. The van der Waals surface area contributed by atoms with E-state index in [4.69, 9.17) is 0 Å². The van der Waals surface area contributed by atoms with Crippen molar-refractivity contribution in [1.82, 2.24) is 20.4 Å². The molecule has 2 N–H and O–H groups in total. The largest absolute Gasteiger partial charge is 0.355 e. The fraction of sp³-hybridized carbons (Fsp3) is 0.941. The number of nitrogens with zero attached hydrogens (tertiary/aromatic N) is 3. The minimum atomic E-state index is 0. The Kier molecular flexibility index (Phi) is 13.2. The quantitative estimate of drug-likeness (QED) is 0.346. The minimum Gasteiger partial charge on any atom is -0.355 e. The van der Waals surface area contributed by atoms with E-state index < -0.39 is 0 Å². The van der Waals surface area contributed by atoms with Gasteiger partial charge in [-0.1, -0.05) is 13.8 Å². The highest BCUT2D eigenvalue weighted by atomic mass is 127. The molecule has 1 fully saturated rings. The van der Waals surface area contributed by atoms with E-state index in [0.29, 0.717) is 12.1 Å². The first kappa shape index (κ1) is 22.9. The van der Waals surface area contributed by atoms with Crippen LogP contribution in [0.4, 0.5) is 0 Å². The van der Waals surface area contributed by atoms with Crippen molar-refractivity contribution in [3.63, 3.8) is 0 Å². The SMILES string of the molecule is CCCN1CCC(NC(=NC)NCCN(CC)C(C)C)CC1.I. The molecule has 0 aromatic heterocycles. The molecule has 0 bridgehead atoms. The summed E-state index contributed by atoms with van der Waals surface area (Å²) < 4.78 is 0. The molecule has 0 aromatic rings. The molecule has 0 radical (unpaired) electrons. The summed E-state index contributed by atoms with van der Waals surface area (Å²) in [7, 11) is 1.86. The highest BCUT2D eigenvalue weighted by Gasteiger charge is 2.19. The number of rotatable bonds is 8. The maximum atomic E-state index is 4.37. The first-order valence-corrected chi connectivity index (χ1v) is 9.04. The van der Waals surface area contributed by atoms with Crippen molar-refractivity contribution < 1.29 is 0 Å². The van der Waals surface area contributed by atoms with Gasteiger partial charge in [-0.2, -0.15) is 0 Å². The molecule has 0 aliphatic carbocycles. The highest BCUT2D eigenvalue weighted by Crippen LogP contribution is 2.10. The summed E-state index contributed by atoms with van der Waals surface area (Å²) in [6.45, 7) is 15.7. The van der Waals surface area contributed by atoms with Crippen molar-refractivity contribution in [3.8, 4) is 0 Å². The van der Waals surface area contributed by atoms with E-state index in [2.05, 4.69) is 53.1 Å². The van der Waals surface area contributed by atoms with E-state index >= 15 is 0 Å². The van der Waals surface area contributed by atoms with Crippen LogP contribution < -0.4 is 10.6 Å². The van der Waals surface area contributed by atoms with Gasteiger partial charge in [0.05, 0.1) is 0 Å². The third kappa shape index (κ3) is 9.10. The van der Waals surface area contributed by atoms with Crippen molar-refractivity contribution in [3.05, 3.63) is 0 Å². The van der Waals surface area contributed by atoms with Crippen LogP contribution in [0.1, 0.15) is 47.0 Å². The van der Waals surface area contributed by atoms with Crippen LogP contribution in [0.2, 0.25) is 0 Å². The molecule has 1 rings (SSSR count). The lowest BCUT2D eigenvalue weighted by atomic mass is 10.1. The lowest BCUT2D eigenvalue weighted by Gasteiger charge is -2.33. The summed E-state index contributed by atoms with van der Waals surface area (Å²) in [6.07, 6.45) is 3.69. The van der Waals surface area contributed by atoms with Crippen LogP contribution in [0.15, 0.2) is 4.99 Å². The fourth-order valence-electron chi connectivity index (χ4n) is 3.10. The summed E-state index contributed by atoms with van der Waals surface area (Å²) >= 11 is 0. The van der Waals surface area contributed by atoms with E-state index in [9.17, 15) is 0 Å². The van der Waals surface area contributed by atoms with Crippen LogP contribution in [-0.4, -0.2) is 74.2 Å². The molecule has 0 amide bonds. The maximum absolute atomic E-state index is 4.37. The number of aliphatic imine (C=N–C) groups is 1. The van der Waals surface area contributed by atoms with Gasteiger partial charge < -0.3 is 15.5 Å². The zero-order valence-corrected chi connectivity index (χ0v) is 18.1. The average molecular weight is 439 g/mol. The van der Waals surface area contributed by atoms with Gasteiger partial charge in [-0.25, -0.2) is 0 Å². The second kappa shape index (κ2) is 13.2. The standard InChI is InChI=1S/C17H37N5.HI/c1-6-11-21-12-8-16(9-13-21)20-17(18-5)19-10-14-22(7-2)15(3)4;/h15-16H,6-14H2,1-5H3,(H2,18,19,20);1H. The van der Waals surface area contributed by atoms with Gasteiger partial charge in [0.25, 0.3) is 0 Å². The van der Waals surface area contributed by atoms with Crippen molar-refractivity contribution in [2.24, 2.45) is 4.99 Å². The summed E-state index contributed by atoms with van der Waals surface area (Å²) in [6, 6.07) is 1.16. The van der Waals surface area contributed by atoms with Crippen LogP contribution in [-0.2, 0) is 0 Å². The lowest BCUT2D eigenvalue weighted by Crippen LogP contribution is -2.50. The van der Waals surface area contributed by atoms with Crippen molar-refractivity contribution in [2.45, 2.75) is 59.0 Å². The van der Waals surface area contributed by atoms with Gasteiger partial charge >= 0.3 is 0 Å². The number of likely N-dealkylation sites (tertiary alicyclic amines) is 1. The summed E-state index contributed by atoms with van der Waals surface area (Å²) in [5.41, 5.74) is 0. The Morgan fingerprint density at radius 2 is 1.91 bits per heavy atom. The Hall–Kier alpha value is -0.0800. The van der Waals surface area contributed by atoms with Gasteiger partial charge in [-0.3, -0.25) is 9.89 Å². The molecule has 0 saturated carbocycles. The number of guanidine groups is 1.